The number of hydrogen-bond acceptors (Lipinski definition) is 4. The van der Waals surface area contributed by atoms with Crippen LogP contribution in [0.4, 0.5) is 0 Å². The second-order valence-corrected chi connectivity index (χ2v) is 11.4. The van der Waals surface area contributed by atoms with Crippen molar-refractivity contribution in [1.29, 1.82) is 0 Å². The molecule has 0 saturated heterocycles. The van der Waals surface area contributed by atoms with Crippen LogP contribution in [0.1, 0.15) is 139 Å². The molecule has 1 fully saturated rings. The van der Waals surface area contributed by atoms with Crippen LogP contribution in [0.5, 0.6) is 0 Å². The van der Waals surface area contributed by atoms with Crippen LogP contribution in [0.3, 0.4) is 0 Å². The molecule has 3 unspecified atom stereocenters. The van der Waals surface area contributed by atoms with Gasteiger partial charge in [-0.05, 0) is 42.7 Å². The fraction of sp³-hybridized carbons (Fsp3) is 0.647. The highest BCUT2D eigenvalue weighted by Crippen LogP contribution is 2.35. The summed E-state index contributed by atoms with van der Waals surface area (Å²) in [4.78, 5) is 36.4. The first-order valence-electron chi connectivity index (χ1n) is 15.6. The van der Waals surface area contributed by atoms with Crippen molar-refractivity contribution in [3.63, 3.8) is 0 Å². The van der Waals surface area contributed by atoms with E-state index in [2.05, 4.69) is 23.8 Å². The number of carbonyl (C=O) groups is 2. The molecule has 3 atom stereocenters. The van der Waals surface area contributed by atoms with Crippen LogP contribution >= 0.6 is 0 Å². The zero-order chi connectivity index (χ0) is 27.0. The van der Waals surface area contributed by atoms with Gasteiger partial charge < -0.3 is 0 Å². The molecule has 0 N–H and O–H groups in total. The monoisotopic (exact) mass is 518 g/mol. The summed E-state index contributed by atoms with van der Waals surface area (Å²) in [6.07, 6.45) is 23.3. The van der Waals surface area contributed by atoms with Gasteiger partial charge in [-0.15, -0.1) is 0 Å². The molecule has 4 heteroatoms. The maximum Gasteiger partial charge on any atom is 0.158 e. The van der Waals surface area contributed by atoms with Crippen LogP contribution in [0.25, 0.3) is 0 Å². The topological polar surface area (TPSA) is 59.9 Å². The molecule has 3 rings (SSSR count). The Morgan fingerprint density at radius 2 is 1.42 bits per heavy atom. The largest absolute Gasteiger partial charge is 0.299 e. The molecule has 0 amide bonds. The number of aryl methyl sites for hydroxylation is 1. The first kappa shape index (κ1) is 30.2. The molecular weight excluding hydrogens is 468 g/mol. The quantitative estimate of drug-likeness (QED) is 0.146. The first-order valence-corrected chi connectivity index (χ1v) is 15.6. The van der Waals surface area contributed by atoms with E-state index in [0.717, 1.165) is 36.8 Å². The molecule has 38 heavy (non-hydrogen) atoms. The third-order valence-corrected chi connectivity index (χ3v) is 8.27. The van der Waals surface area contributed by atoms with Crippen molar-refractivity contribution < 1.29 is 9.59 Å². The fourth-order valence-electron chi connectivity index (χ4n) is 5.89. The van der Waals surface area contributed by atoms with E-state index in [9.17, 15) is 9.59 Å². The van der Waals surface area contributed by atoms with Gasteiger partial charge in [-0.3, -0.25) is 9.59 Å². The van der Waals surface area contributed by atoms with Crippen molar-refractivity contribution in [2.75, 3.05) is 0 Å². The Morgan fingerprint density at radius 3 is 2.05 bits per heavy atom. The van der Waals surface area contributed by atoms with Crippen LogP contribution in [0, 0.1) is 11.8 Å². The van der Waals surface area contributed by atoms with E-state index in [1.165, 1.54) is 70.6 Å². The average molecular weight is 519 g/mol. The third kappa shape index (κ3) is 9.75. The highest BCUT2D eigenvalue weighted by atomic mass is 16.2. The van der Waals surface area contributed by atoms with E-state index in [1.54, 1.807) is 0 Å². The zero-order valence-corrected chi connectivity index (χ0v) is 24.0. The Labute approximate surface area is 231 Å². The maximum atomic E-state index is 13.9. The lowest BCUT2D eigenvalue weighted by Crippen LogP contribution is -2.35. The Morgan fingerprint density at radius 1 is 0.816 bits per heavy atom. The highest BCUT2D eigenvalue weighted by molar-refractivity contribution is 6.06. The van der Waals surface area contributed by atoms with E-state index in [0.29, 0.717) is 24.6 Å². The zero-order valence-electron chi connectivity index (χ0n) is 24.0. The summed E-state index contributed by atoms with van der Waals surface area (Å²) in [6, 6.07) is 9.77. The predicted octanol–water partition coefficient (Wildman–Crippen LogP) is 8.82. The summed E-state index contributed by atoms with van der Waals surface area (Å²) in [5, 5.41) is 0. The number of rotatable bonds is 18. The van der Waals surface area contributed by atoms with Gasteiger partial charge >= 0.3 is 0 Å². The molecule has 1 heterocycles. The molecular formula is C34H50N2O2. The predicted molar refractivity (Wildman–Crippen MR) is 156 cm³/mol. The van der Waals surface area contributed by atoms with Gasteiger partial charge in [-0.1, -0.05) is 121 Å². The minimum Gasteiger partial charge on any atom is -0.299 e. The van der Waals surface area contributed by atoms with Gasteiger partial charge in [-0.2, -0.15) is 0 Å². The number of Topliss-reactive ketones (excluding diaryl/α,β-unsaturated/α-hetero) is 2. The van der Waals surface area contributed by atoms with Gasteiger partial charge in [0.05, 0.1) is 5.92 Å². The minimum atomic E-state index is -0.580. The van der Waals surface area contributed by atoms with Gasteiger partial charge in [-0.25, -0.2) is 9.97 Å². The number of nitrogens with zero attached hydrogens (tertiary/aromatic N) is 2. The lowest BCUT2D eigenvalue weighted by atomic mass is 9.73. The molecule has 1 aliphatic rings. The highest BCUT2D eigenvalue weighted by Gasteiger charge is 2.38. The second-order valence-electron chi connectivity index (χ2n) is 11.4. The maximum absolute atomic E-state index is 13.9. The average Bonchev–Trinajstić information content (AvgIpc) is 2.94. The van der Waals surface area contributed by atoms with E-state index >= 15 is 0 Å². The lowest BCUT2D eigenvalue weighted by Gasteiger charge is -2.29. The van der Waals surface area contributed by atoms with E-state index in [4.69, 9.17) is 0 Å². The molecule has 0 aliphatic heterocycles. The van der Waals surface area contributed by atoms with E-state index in [1.807, 2.05) is 42.7 Å². The number of unbranched alkanes of at least 4 members (excludes halogenated alkanes) is 10. The van der Waals surface area contributed by atoms with Crippen molar-refractivity contribution in [2.24, 2.45) is 11.8 Å². The van der Waals surface area contributed by atoms with Gasteiger partial charge in [0.1, 0.15) is 17.5 Å². The van der Waals surface area contributed by atoms with Crippen molar-refractivity contribution in [1.82, 2.24) is 9.97 Å². The first-order chi connectivity index (χ1) is 18.6. The van der Waals surface area contributed by atoms with Crippen molar-refractivity contribution in [3.8, 4) is 0 Å². The van der Waals surface area contributed by atoms with E-state index in [-0.39, 0.29) is 11.6 Å². The molecule has 2 aromatic rings. The van der Waals surface area contributed by atoms with Crippen LogP contribution in [-0.4, -0.2) is 21.5 Å². The number of ketones is 2. The fourth-order valence-corrected chi connectivity index (χ4v) is 5.89. The third-order valence-electron chi connectivity index (χ3n) is 8.27. The standard InChI is InChI=1S/C34H50N2O2/c1-3-5-7-9-10-12-15-19-28-25-35-34(36-26-28)32(29-20-16-13-17-21-29)33(38)30-23-22-27(24-31(30)37)18-14-11-8-6-4-2/h13,16-17,20-21,25-27,30,32H,3-12,14-15,18-19,22-24H2,1-2H3. The van der Waals surface area contributed by atoms with Crippen LogP contribution in [-0.2, 0) is 16.0 Å². The molecule has 1 aromatic heterocycles. The summed E-state index contributed by atoms with van der Waals surface area (Å²) in [5.74, 6) is -0.0597. The molecule has 208 valence electrons. The second kappa shape index (κ2) is 17.3. The molecule has 0 radical (unpaired) electrons. The molecule has 4 nitrogen and oxygen atoms in total. The van der Waals surface area contributed by atoms with Crippen LogP contribution in [0.15, 0.2) is 42.7 Å². The number of hydrogen-bond donors (Lipinski definition) is 0. The van der Waals surface area contributed by atoms with Crippen molar-refractivity contribution in [3.05, 3.63) is 59.7 Å². The molecule has 0 bridgehead atoms. The van der Waals surface area contributed by atoms with Crippen molar-refractivity contribution in [2.45, 2.75) is 129 Å². The summed E-state index contributed by atoms with van der Waals surface area (Å²) in [6.45, 7) is 4.48. The Bertz CT molecular complexity index is 941. The molecule has 0 spiro atoms. The van der Waals surface area contributed by atoms with Gasteiger partial charge in [0.15, 0.2) is 5.78 Å². The Kier molecular flexibility index (Phi) is 13.7. The smallest absolute Gasteiger partial charge is 0.158 e. The summed E-state index contributed by atoms with van der Waals surface area (Å²) in [5.41, 5.74) is 2.00. The molecule has 1 aliphatic carbocycles. The number of carbonyl (C=O) groups excluding carboxylic acids is 2. The summed E-state index contributed by atoms with van der Waals surface area (Å²) >= 11 is 0. The Hall–Kier alpha value is -2.36. The molecule has 1 aromatic carbocycles. The van der Waals surface area contributed by atoms with Gasteiger partial charge in [0.25, 0.3) is 0 Å². The Balaban J connectivity index is 1.59. The lowest BCUT2D eigenvalue weighted by molar-refractivity contribution is -0.135. The van der Waals surface area contributed by atoms with Gasteiger partial charge in [0, 0.05) is 18.8 Å². The van der Waals surface area contributed by atoms with E-state index < -0.39 is 11.8 Å². The normalized spacial score (nSPS) is 18.4. The number of benzene rings is 1. The SMILES string of the molecule is CCCCCCCCCc1cnc(C(C(=O)C2CCC(CCCCCCC)CC2=O)c2ccccc2)nc1. The minimum absolute atomic E-state index is 0.0255. The summed E-state index contributed by atoms with van der Waals surface area (Å²) in [7, 11) is 0. The van der Waals surface area contributed by atoms with Gasteiger partial charge in [0.2, 0.25) is 0 Å². The van der Waals surface area contributed by atoms with Crippen molar-refractivity contribution >= 4 is 11.6 Å². The number of aromatic nitrogens is 2. The summed E-state index contributed by atoms with van der Waals surface area (Å²) < 4.78 is 0. The molecule has 1 saturated carbocycles. The van der Waals surface area contributed by atoms with Crippen LogP contribution in [0.2, 0.25) is 0 Å². The van der Waals surface area contributed by atoms with Crippen LogP contribution < -0.4 is 0 Å².